The van der Waals surface area contributed by atoms with Crippen molar-refractivity contribution in [2.45, 2.75) is 0 Å². The first-order chi connectivity index (χ1) is 27.7. The van der Waals surface area contributed by atoms with Crippen LogP contribution in [-0.4, -0.2) is 15.0 Å². The molecule has 0 aliphatic heterocycles. The second-order valence-corrected chi connectivity index (χ2v) is 13.9. The summed E-state index contributed by atoms with van der Waals surface area (Å²) in [5, 5.41) is 4.09. The van der Waals surface area contributed by atoms with Gasteiger partial charge in [0.15, 0.2) is 17.5 Å². The molecule has 0 saturated heterocycles. The van der Waals surface area contributed by atoms with E-state index in [0.29, 0.717) is 17.5 Å². The summed E-state index contributed by atoms with van der Waals surface area (Å²) in [5.74, 6) is 1.78. The fourth-order valence-corrected chi connectivity index (χ4v) is 7.93. The molecule has 5 nitrogen and oxygen atoms in total. The van der Waals surface area contributed by atoms with Crippen LogP contribution in [0.1, 0.15) is 0 Å². The Morgan fingerprint density at radius 1 is 0.286 bits per heavy atom. The summed E-state index contributed by atoms with van der Waals surface area (Å²) in [6.45, 7) is 0. The number of fused-ring (bicyclic) bond motifs is 6. The molecule has 0 fully saturated rings. The van der Waals surface area contributed by atoms with E-state index in [1.165, 1.54) is 0 Å². The number of nitrogens with zero attached hydrogens (tertiary/aromatic N) is 3. The average Bonchev–Trinajstić information content (AvgIpc) is 3.85. The summed E-state index contributed by atoms with van der Waals surface area (Å²) in [6.07, 6.45) is 0. The largest absolute Gasteiger partial charge is 0.456 e. The first-order valence-electron chi connectivity index (χ1n) is 18.7. The molecule has 0 N–H and O–H groups in total. The van der Waals surface area contributed by atoms with Crippen molar-refractivity contribution in [3.05, 3.63) is 188 Å². The molecule has 3 heterocycles. The molecule has 0 saturated carbocycles. The molecule has 0 amide bonds. The maximum Gasteiger partial charge on any atom is 0.164 e. The van der Waals surface area contributed by atoms with Crippen molar-refractivity contribution in [1.29, 1.82) is 0 Å². The van der Waals surface area contributed by atoms with E-state index in [-0.39, 0.29) is 0 Å². The topological polar surface area (TPSA) is 65.0 Å². The van der Waals surface area contributed by atoms with Gasteiger partial charge in [-0.25, -0.2) is 15.0 Å². The van der Waals surface area contributed by atoms with E-state index < -0.39 is 0 Å². The summed E-state index contributed by atoms with van der Waals surface area (Å²) in [5.41, 5.74) is 12.7. The molecule has 0 aliphatic rings. The summed E-state index contributed by atoms with van der Waals surface area (Å²) in [7, 11) is 0. The lowest BCUT2D eigenvalue weighted by atomic mass is 9.90. The van der Waals surface area contributed by atoms with E-state index >= 15 is 0 Å². The van der Waals surface area contributed by atoms with Crippen molar-refractivity contribution in [2.75, 3.05) is 0 Å². The lowest BCUT2D eigenvalue weighted by Crippen LogP contribution is -2.00. The van der Waals surface area contributed by atoms with Crippen LogP contribution in [0.4, 0.5) is 0 Å². The maximum absolute atomic E-state index is 6.56. The maximum atomic E-state index is 6.56. The van der Waals surface area contributed by atoms with E-state index in [0.717, 1.165) is 93.9 Å². The third kappa shape index (κ3) is 5.37. The fourth-order valence-electron chi connectivity index (χ4n) is 7.93. The predicted octanol–water partition coefficient (Wildman–Crippen LogP) is 13.7. The minimum absolute atomic E-state index is 0.576. The van der Waals surface area contributed by atoms with E-state index in [1.54, 1.807) is 0 Å². The Morgan fingerprint density at radius 2 is 0.786 bits per heavy atom. The minimum atomic E-state index is 0.576. The smallest absolute Gasteiger partial charge is 0.164 e. The zero-order chi connectivity index (χ0) is 37.0. The minimum Gasteiger partial charge on any atom is -0.456 e. The van der Waals surface area contributed by atoms with Gasteiger partial charge in [-0.15, -0.1) is 0 Å². The van der Waals surface area contributed by atoms with Crippen LogP contribution in [0.3, 0.4) is 0 Å². The molecule has 0 bridgehead atoms. The quantitative estimate of drug-likeness (QED) is 0.171. The van der Waals surface area contributed by atoms with Crippen LogP contribution in [0.5, 0.6) is 0 Å². The molecule has 11 aromatic rings. The van der Waals surface area contributed by atoms with E-state index in [1.807, 2.05) is 60.7 Å². The van der Waals surface area contributed by atoms with Crippen molar-refractivity contribution in [3.8, 4) is 67.5 Å². The van der Waals surface area contributed by atoms with Gasteiger partial charge in [-0.3, -0.25) is 0 Å². The van der Waals surface area contributed by atoms with Crippen LogP contribution in [0.25, 0.3) is 111 Å². The lowest BCUT2D eigenvalue weighted by molar-refractivity contribution is 0.669. The van der Waals surface area contributed by atoms with Crippen LogP contribution in [-0.2, 0) is 0 Å². The number of rotatable bonds is 6. The van der Waals surface area contributed by atoms with E-state index in [4.69, 9.17) is 23.8 Å². The number of benzene rings is 8. The third-order valence-electron chi connectivity index (χ3n) is 10.6. The Bertz CT molecular complexity index is 3220. The first-order valence-corrected chi connectivity index (χ1v) is 18.7. The molecule has 0 unspecified atom stereocenters. The Morgan fingerprint density at radius 3 is 1.52 bits per heavy atom. The van der Waals surface area contributed by atoms with Crippen LogP contribution in [0, 0.1) is 0 Å². The summed E-state index contributed by atoms with van der Waals surface area (Å²) < 4.78 is 13.0. The molecule has 5 heteroatoms. The normalized spacial score (nSPS) is 11.6. The highest BCUT2D eigenvalue weighted by Crippen LogP contribution is 2.45. The molecule has 0 radical (unpaired) electrons. The second-order valence-electron chi connectivity index (χ2n) is 13.9. The van der Waals surface area contributed by atoms with Gasteiger partial charge in [0.05, 0.1) is 0 Å². The third-order valence-corrected chi connectivity index (χ3v) is 10.6. The molecule has 8 aromatic carbocycles. The lowest BCUT2D eigenvalue weighted by Gasteiger charge is -2.13. The Hall–Kier alpha value is -7.63. The van der Waals surface area contributed by atoms with Gasteiger partial charge >= 0.3 is 0 Å². The van der Waals surface area contributed by atoms with E-state index in [9.17, 15) is 0 Å². The SMILES string of the molecule is c1ccc(-c2ccc(-c3nc(-c4ccccc4)nc(-c4cccc5oc6ccc(-c7c(-c8ccccc8)ccc8oc9ccccc9c78)cc6c45)n3)cc2)cc1. The zero-order valence-electron chi connectivity index (χ0n) is 30.1. The molecule has 262 valence electrons. The number of hydrogen-bond acceptors (Lipinski definition) is 5. The van der Waals surface area contributed by atoms with Crippen molar-refractivity contribution >= 4 is 43.9 Å². The van der Waals surface area contributed by atoms with Gasteiger partial charge in [-0.05, 0) is 58.1 Å². The molecule has 0 aliphatic carbocycles. The van der Waals surface area contributed by atoms with Crippen molar-refractivity contribution in [1.82, 2.24) is 15.0 Å². The van der Waals surface area contributed by atoms with Gasteiger partial charge in [-0.2, -0.15) is 0 Å². The Balaban J connectivity index is 1.13. The number of aromatic nitrogens is 3. The zero-order valence-corrected chi connectivity index (χ0v) is 30.1. The van der Waals surface area contributed by atoms with Crippen LogP contribution in [0.2, 0.25) is 0 Å². The molecule has 11 rings (SSSR count). The van der Waals surface area contributed by atoms with Gasteiger partial charge in [0.1, 0.15) is 22.3 Å². The average molecular weight is 718 g/mol. The van der Waals surface area contributed by atoms with E-state index in [2.05, 4.69) is 127 Å². The van der Waals surface area contributed by atoms with Crippen LogP contribution < -0.4 is 0 Å². The first kappa shape index (κ1) is 31.9. The highest BCUT2D eigenvalue weighted by Gasteiger charge is 2.21. The molecule has 3 aromatic heterocycles. The number of furan rings is 2. The van der Waals surface area contributed by atoms with Gasteiger partial charge in [-0.1, -0.05) is 158 Å². The van der Waals surface area contributed by atoms with Gasteiger partial charge < -0.3 is 8.83 Å². The van der Waals surface area contributed by atoms with Gasteiger partial charge in [0.25, 0.3) is 0 Å². The highest BCUT2D eigenvalue weighted by atomic mass is 16.3. The number of hydrogen-bond donors (Lipinski definition) is 0. The summed E-state index contributed by atoms with van der Waals surface area (Å²) in [4.78, 5) is 15.3. The van der Waals surface area contributed by atoms with Crippen LogP contribution in [0.15, 0.2) is 197 Å². The van der Waals surface area contributed by atoms with Crippen molar-refractivity contribution < 1.29 is 8.83 Å². The molecule has 56 heavy (non-hydrogen) atoms. The monoisotopic (exact) mass is 717 g/mol. The standard InChI is InChI=1S/C51H31N3O2/c1-4-13-32(14-5-1)33-23-25-36(26-24-33)50-52-49(35-17-8-3-9-18-35)53-51(54-50)40-20-12-22-44-47(40)41-31-37(27-29-43(41)56-44)46-38(34-15-6-2-7-16-34)28-30-45-48(46)39-19-10-11-21-42(39)55-45/h1-31H. The van der Waals surface area contributed by atoms with Crippen molar-refractivity contribution in [2.24, 2.45) is 0 Å². The number of para-hydroxylation sites is 1. The highest BCUT2D eigenvalue weighted by molar-refractivity contribution is 6.18. The molecule has 0 atom stereocenters. The second kappa shape index (κ2) is 13.0. The van der Waals surface area contributed by atoms with Crippen molar-refractivity contribution in [3.63, 3.8) is 0 Å². The summed E-state index contributed by atoms with van der Waals surface area (Å²) >= 11 is 0. The Labute approximate surface area is 322 Å². The molecular weight excluding hydrogens is 687 g/mol. The van der Waals surface area contributed by atoms with Gasteiger partial charge in [0, 0.05) is 43.8 Å². The molecular formula is C51H31N3O2. The fraction of sp³-hybridized carbons (Fsp3) is 0. The summed E-state index contributed by atoms with van der Waals surface area (Å²) in [6, 6.07) is 64.5. The van der Waals surface area contributed by atoms with Gasteiger partial charge in [0.2, 0.25) is 0 Å². The Kier molecular flexibility index (Phi) is 7.42. The molecule has 0 spiro atoms. The van der Waals surface area contributed by atoms with Crippen LogP contribution >= 0.6 is 0 Å². The predicted molar refractivity (Wildman–Crippen MR) is 227 cm³/mol.